The van der Waals surface area contributed by atoms with Gasteiger partial charge in [0, 0.05) is 19.4 Å². The van der Waals surface area contributed by atoms with Gasteiger partial charge >= 0.3 is 11.9 Å². The van der Waals surface area contributed by atoms with Crippen molar-refractivity contribution in [3.63, 3.8) is 0 Å². The second-order valence-corrected chi connectivity index (χ2v) is 15.6. The lowest BCUT2D eigenvalue weighted by molar-refractivity contribution is -0.163. The maximum Gasteiger partial charge on any atom is 0.306 e. The quantitative estimate of drug-likeness (QED) is 0.0347. The van der Waals surface area contributed by atoms with Crippen molar-refractivity contribution >= 4 is 11.9 Å². The summed E-state index contributed by atoms with van der Waals surface area (Å²) in [7, 11) is 0. The number of ether oxygens (including phenoxy) is 3. The van der Waals surface area contributed by atoms with Gasteiger partial charge in [-0.3, -0.25) is 9.59 Å². The van der Waals surface area contributed by atoms with Gasteiger partial charge in [0.05, 0.1) is 6.61 Å². The summed E-state index contributed by atoms with van der Waals surface area (Å²) >= 11 is 0. The first kappa shape index (κ1) is 58.0. The Morgan fingerprint density at radius 1 is 0.355 bits per heavy atom. The molecule has 0 bridgehead atoms. The van der Waals surface area contributed by atoms with Gasteiger partial charge in [0.2, 0.25) is 0 Å². The number of unbranched alkanes of at least 4 members (excludes halogenated alkanes) is 10. The number of hydrogen-bond acceptors (Lipinski definition) is 5. The van der Waals surface area contributed by atoms with Crippen LogP contribution in [-0.4, -0.2) is 37.9 Å². The molecule has 0 spiro atoms. The predicted molar refractivity (Wildman–Crippen MR) is 269 cm³/mol. The summed E-state index contributed by atoms with van der Waals surface area (Å²) in [4.78, 5) is 25.4. The molecule has 5 nitrogen and oxygen atoms in total. The van der Waals surface area contributed by atoms with Crippen LogP contribution in [0.4, 0.5) is 0 Å². The van der Waals surface area contributed by atoms with E-state index in [1.165, 1.54) is 12.8 Å². The third-order valence-electron chi connectivity index (χ3n) is 9.66. The number of carbonyl (C=O) groups is 2. The Kier molecular flexibility index (Phi) is 48.1. The molecule has 0 aliphatic rings. The first-order valence-corrected chi connectivity index (χ1v) is 24.7. The second kappa shape index (κ2) is 51.4. The van der Waals surface area contributed by atoms with Crippen molar-refractivity contribution in [2.45, 2.75) is 194 Å². The first-order valence-electron chi connectivity index (χ1n) is 24.7. The molecule has 0 saturated heterocycles. The molecule has 0 rings (SSSR count). The lowest BCUT2D eigenvalue weighted by Crippen LogP contribution is -2.30. The molecule has 0 amide bonds. The van der Waals surface area contributed by atoms with Gasteiger partial charge in [0.1, 0.15) is 6.61 Å². The molecule has 0 aliphatic heterocycles. The molecule has 5 heteroatoms. The summed E-state index contributed by atoms with van der Waals surface area (Å²) in [6.45, 7) is 7.33. The Bertz CT molecular complexity index is 1330. The van der Waals surface area contributed by atoms with Crippen molar-refractivity contribution in [1.82, 2.24) is 0 Å². The Morgan fingerprint density at radius 3 is 1.13 bits per heavy atom. The molecule has 1 unspecified atom stereocenters. The number of esters is 2. The fourth-order valence-electron chi connectivity index (χ4n) is 6.10. The third-order valence-corrected chi connectivity index (χ3v) is 9.66. The first-order chi connectivity index (χ1) is 30.6. The standard InChI is InChI=1S/C57H90O5/c1-4-7-10-13-16-19-22-25-28-29-31-32-35-38-41-44-47-50-56(58)61-54-55(53-60-52-49-46-43-40-37-34-27-24-21-18-15-12-9-6-3)62-57(59)51-48-45-42-39-36-33-30-26-23-20-17-14-11-8-5-2/h7-12,16-21,25-28,30-32,34,38,41,55H,4-6,13-15,22-24,29,33,35-37,39-40,42-54H2,1-3H3/b10-7-,11-8-,12-9-,19-16-,20-17-,21-18-,28-25-,30-26-,32-31-,34-27-,41-38-. The van der Waals surface area contributed by atoms with Crippen molar-refractivity contribution in [3.8, 4) is 0 Å². The van der Waals surface area contributed by atoms with E-state index in [1.807, 2.05) is 0 Å². The van der Waals surface area contributed by atoms with Crippen LogP contribution >= 0.6 is 0 Å². The highest BCUT2D eigenvalue weighted by molar-refractivity contribution is 5.70. The topological polar surface area (TPSA) is 61.8 Å². The van der Waals surface area contributed by atoms with Crippen molar-refractivity contribution < 1.29 is 23.8 Å². The number of allylic oxidation sites excluding steroid dienone is 22. The Labute approximate surface area is 381 Å². The van der Waals surface area contributed by atoms with Gasteiger partial charge in [-0.15, -0.1) is 0 Å². The maximum atomic E-state index is 12.8. The number of rotatable bonds is 43. The molecule has 62 heavy (non-hydrogen) atoms. The summed E-state index contributed by atoms with van der Waals surface area (Å²) in [5.74, 6) is -0.509. The highest BCUT2D eigenvalue weighted by Crippen LogP contribution is 2.11. The molecular weight excluding hydrogens is 765 g/mol. The summed E-state index contributed by atoms with van der Waals surface area (Å²) in [6.07, 6.45) is 73.2. The van der Waals surface area contributed by atoms with Crippen molar-refractivity contribution in [2.75, 3.05) is 19.8 Å². The zero-order chi connectivity index (χ0) is 44.9. The van der Waals surface area contributed by atoms with E-state index in [0.29, 0.717) is 19.4 Å². The van der Waals surface area contributed by atoms with Crippen LogP contribution in [0.2, 0.25) is 0 Å². The van der Waals surface area contributed by atoms with Gasteiger partial charge in [-0.25, -0.2) is 0 Å². The second-order valence-electron chi connectivity index (χ2n) is 15.6. The lowest BCUT2D eigenvalue weighted by atomic mass is 10.1. The normalized spacial score (nSPS) is 13.4. The van der Waals surface area contributed by atoms with E-state index in [2.05, 4.69) is 154 Å². The van der Waals surface area contributed by atoms with Gasteiger partial charge < -0.3 is 14.2 Å². The smallest absolute Gasteiger partial charge is 0.306 e. The third kappa shape index (κ3) is 48.7. The molecule has 0 saturated carbocycles. The fourth-order valence-corrected chi connectivity index (χ4v) is 6.10. The highest BCUT2D eigenvalue weighted by atomic mass is 16.6. The van der Waals surface area contributed by atoms with Crippen LogP contribution in [0, 0.1) is 0 Å². The van der Waals surface area contributed by atoms with Crippen LogP contribution in [0.3, 0.4) is 0 Å². The fraction of sp³-hybridized carbons (Fsp3) is 0.579. The molecule has 0 aromatic carbocycles. The zero-order valence-corrected chi connectivity index (χ0v) is 39.8. The summed E-state index contributed by atoms with van der Waals surface area (Å²) in [6, 6.07) is 0. The van der Waals surface area contributed by atoms with Crippen LogP contribution < -0.4 is 0 Å². The SMILES string of the molecule is CC/C=C\C/C=C\C/C=C\C/C=C\C/C=C\CCCC(=O)OCC(COCCCCCC/C=C\C/C=C\C/C=C\CC)OC(=O)CCCCCCC/C=C\C/C=C\C/C=C\CC. The van der Waals surface area contributed by atoms with Crippen LogP contribution in [0.1, 0.15) is 188 Å². The average Bonchev–Trinajstić information content (AvgIpc) is 3.27. The van der Waals surface area contributed by atoms with E-state index >= 15 is 0 Å². The van der Waals surface area contributed by atoms with E-state index in [1.54, 1.807) is 0 Å². The average molecular weight is 855 g/mol. The summed E-state index contributed by atoms with van der Waals surface area (Å²) in [5.41, 5.74) is 0. The van der Waals surface area contributed by atoms with Gasteiger partial charge in [0.25, 0.3) is 0 Å². The Morgan fingerprint density at radius 2 is 0.694 bits per heavy atom. The summed E-state index contributed by atoms with van der Waals surface area (Å²) < 4.78 is 17.3. The largest absolute Gasteiger partial charge is 0.462 e. The van der Waals surface area contributed by atoms with Crippen LogP contribution in [-0.2, 0) is 23.8 Å². The minimum absolute atomic E-state index is 0.0302. The number of hydrogen-bond donors (Lipinski definition) is 0. The molecule has 0 heterocycles. The molecule has 0 radical (unpaired) electrons. The molecule has 0 N–H and O–H groups in total. The highest BCUT2D eigenvalue weighted by Gasteiger charge is 2.17. The summed E-state index contributed by atoms with van der Waals surface area (Å²) in [5, 5.41) is 0. The van der Waals surface area contributed by atoms with Crippen molar-refractivity contribution in [3.05, 3.63) is 134 Å². The van der Waals surface area contributed by atoms with Gasteiger partial charge in [-0.1, -0.05) is 187 Å². The minimum Gasteiger partial charge on any atom is -0.462 e. The molecule has 348 valence electrons. The van der Waals surface area contributed by atoms with Crippen molar-refractivity contribution in [2.24, 2.45) is 0 Å². The van der Waals surface area contributed by atoms with E-state index in [4.69, 9.17) is 14.2 Å². The van der Waals surface area contributed by atoms with Crippen LogP contribution in [0.25, 0.3) is 0 Å². The van der Waals surface area contributed by atoms with E-state index in [0.717, 1.165) is 141 Å². The molecule has 0 aromatic heterocycles. The molecule has 0 aromatic rings. The van der Waals surface area contributed by atoms with Crippen molar-refractivity contribution in [1.29, 1.82) is 0 Å². The maximum absolute atomic E-state index is 12.8. The minimum atomic E-state index is -0.589. The van der Waals surface area contributed by atoms with E-state index in [-0.39, 0.29) is 25.2 Å². The lowest BCUT2D eigenvalue weighted by Gasteiger charge is -2.18. The molecule has 0 fully saturated rings. The monoisotopic (exact) mass is 855 g/mol. The van der Waals surface area contributed by atoms with Crippen LogP contribution in [0.15, 0.2) is 134 Å². The van der Waals surface area contributed by atoms with Crippen LogP contribution in [0.5, 0.6) is 0 Å². The predicted octanol–water partition coefficient (Wildman–Crippen LogP) is 16.8. The van der Waals surface area contributed by atoms with E-state index in [9.17, 15) is 9.59 Å². The molecular formula is C57H90O5. The number of carbonyl (C=O) groups excluding carboxylic acids is 2. The van der Waals surface area contributed by atoms with Gasteiger partial charge in [0.15, 0.2) is 6.10 Å². The molecule has 0 aliphatic carbocycles. The van der Waals surface area contributed by atoms with Gasteiger partial charge in [-0.05, 0) is 122 Å². The Balaban J connectivity index is 4.46. The van der Waals surface area contributed by atoms with Gasteiger partial charge in [-0.2, -0.15) is 0 Å². The van der Waals surface area contributed by atoms with E-state index < -0.39 is 6.10 Å². The molecule has 1 atom stereocenters. The zero-order valence-electron chi connectivity index (χ0n) is 39.8. The Hall–Kier alpha value is -3.96.